The van der Waals surface area contributed by atoms with Crippen LogP contribution in [0.1, 0.15) is 0 Å². The first-order valence-corrected chi connectivity index (χ1v) is 4.70. The van der Waals surface area contributed by atoms with E-state index in [0.717, 1.165) is 11.1 Å². The number of hydrogen-bond donors (Lipinski definition) is 1. The summed E-state index contributed by atoms with van der Waals surface area (Å²) in [5, 5.41) is 2.32. The number of rotatable bonds is 4. The Morgan fingerprint density at radius 2 is 1.93 bits per heavy atom. The van der Waals surface area contributed by atoms with Gasteiger partial charge in [0.15, 0.2) is 0 Å². The fraction of sp³-hybridized carbons (Fsp3) is 0.0833. The summed E-state index contributed by atoms with van der Waals surface area (Å²) in [6.45, 7) is 0.0484. The molecular weight excluding hydrogens is 190 g/mol. The lowest BCUT2D eigenvalue weighted by molar-refractivity contribution is -0.111. The normalized spacial score (nSPS) is 10.1. The van der Waals surface area contributed by atoms with Crippen LogP contribution in [-0.4, -0.2) is 12.9 Å². The minimum Gasteiger partial charge on any atom is -0.301 e. The van der Waals surface area contributed by atoms with Gasteiger partial charge in [0.1, 0.15) is 12.9 Å². The number of anilines is 1. The summed E-state index contributed by atoms with van der Waals surface area (Å²) in [5.41, 5.74) is 3.55. The van der Waals surface area contributed by atoms with Gasteiger partial charge in [-0.05, 0) is 22.9 Å². The molecule has 0 spiro atoms. The molecule has 0 atom stereocenters. The van der Waals surface area contributed by atoms with Gasteiger partial charge in [-0.25, -0.2) is 0 Å². The third-order valence-corrected chi connectivity index (χ3v) is 2.09. The first-order valence-electron chi connectivity index (χ1n) is 4.70. The van der Waals surface area contributed by atoms with Crippen molar-refractivity contribution >= 4 is 22.7 Å². The van der Waals surface area contributed by atoms with Gasteiger partial charge < -0.3 is 4.79 Å². The van der Waals surface area contributed by atoms with Crippen LogP contribution < -0.4 is 5.48 Å². The molecule has 3 heteroatoms. The molecule has 0 unspecified atom stereocenters. The minimum absolute atomic E-state index is 0.0484. The van der Waals surface area contributed by atoms with Gasteiger partial charge in [-0.3, -0.25) is 10.3 Å². The summed E-state index contributed by atoms with van der Waals surface area (Å²) in [6, 6.07) is 13.9. The third kappa shape index (κ3) is 2.33. The highest BCUT2D eigenvalue weighted by Gasteiger charge is 1.94. The van der Waals surface area contributed by atoms with Crippen LogP contribution in [0.3, 0.4) is 0 Å². The zero-order valence-corrected chi connectivity index (χ0v) is 8.14. The van der Waals surface area contributed by atoms with Gasteiger partial charge in [0.2, 0.25) is 0 Å². The van der Waals surface area contributed by atoms with Crippen LogP contribution in [0.25, 0.3) is 10.8 Å². The van der Waals surface area contributed by atoms with Gasteiger partial charge >= 0.3 is 0 Å². The lowest BCUT2D eigenvalue weighted by Crippen LogP contribution is -2.03. The van der Waals surface area contributed by atoms with E-state index in [1.807, 2.05) is 42.5 Å². The lowest BCUT2D eigenvalue weighted by atomic mass is 10.1. The first-order chi connectivity index (χ1) is 7.40. The number of carbonyl (C=O) groups excluding carboxylic acids is 1. The standard InChI is InChI=1S/C12H11NO2/c14-7-8-15-13-12-6-5-10-3-1-2-4-11(10)9-12/h1-7,9,13H,8H2. The molecule has 0 aromatic heterocycles. The number of aldehydes is 1. The Bertz CT molecular complexity index is 468. The van der Waals surface area contributed by atoms with Crippen molar-refractivity contribution in [3.63, 3.8) is 0 Å². The maximum Gasteiger partial charge on any atom is 0.148 e. The van der Waals surface area contributed by atoms with Gasteiger partial charge in [-0.15, -0.1) is 0 Å². The van der Waals surface area contributed by atoms with Crippen molar-refractivity contribution in [3.8, 4) is 0 Å². The number of carbonyl (C=O) groups is 1. The first kappa shape index (κ1) is 9.68. The molecule has 0 amide bonds. The van der Waals surface area contributed by atoms with Crippen molar-refractivity contribution in [2.75, 3.05) is 12.1 Å². The molecule has 76 valence electrons. The second-order valence-electron chi connectivity index (χ2n) is 3.14. The van der Waals surface area contributed by atoms with E-state index >= 15 is 0 Å². The largest absolute Gasteiger partial charge is 0.301 e. The van der Waals surface area contributed by atoms with Crippen LogP contribution in [0.5, 0.6) is 0 Å². The van der Waals surface area contributed by atoms with E-state index in [1.54, 1.807) is 0 Å². The molecule has 0 aliphatic carbocycles. The fourth-order valence-electron chi connectivity index (χ4n) is 1.41. The topological polar surface area (TPSA) is 38.3 Å². The molecule has 0 saturated carbocycles. The predicted octanol–water partition coefficient (Wildman–Crippen LogP) is 2.38. The van der Waals surface area contributed by atoms with E-state index in [9.17, 15) is 4.79 Å². The highest BCUT2D eigenvalue weighted by molar-refractivity contribution is 5.85. The van der Waals surface area contributed by atoms with E-state index in [2.05, 4.69) is 5.48 Å². The molecule has 3 nitrogen and oxygen atoms in total. The summed E-state index contributed by atoms with van der Waals surface area (Å²) in [7, 11) is 0. The third-order valence-electron chi connectivity index (χ3n) is 2.09. The molecule has 0 fully saturated rings. The van der Waals surface area contributed by atoms with Gasteiger partial charge in [-0.1, -0.05) is 30.3 Å². The maximum atomic E-state index is 10.0. The molecule has 0 radical (unpaired) electrons. The quantitative estimate of drug-likeness (QED) is 0.469. The van der Waals surface area contributed by atoms with E-state index in [0.29, 0.717) is 6.29 Å². The van der Waals surface area contributed by atoms with E-state index < -0.39 is 0 Å². The van der Waals surface area contributed by atoms with E-state index in [4.69, 9.17) is 4.84 Å². The average Bonchev–Trinajstić information content (AvgIpc) is 2.29. The molecule has 2 rings (SSSR count). The smallest absolute Gasteiger partial charge is 0.148 e. The molecule has 0 saturated heterocycles. The zero-order valence-electron chi connectivity index (χ0n) is 8.14. The Balaban J connectivity index is 2.19. The van der Waals surface area contributed by atoms with Crippen LogP contribution in [-0.2, 0) is 9.63 Å². The molecular formula is C12H11NO2. The highest BCUT2D eigenvalue weighted by Crippen LogP contribution is 2.18. The minimum atomic E-state index is 0.0484. The number of nitrogens with one attached hydrogen (secondary N) is 1. The summed E-state index contributed by atoms with van der Waals surface area (Å²) >= 11 is 0. The average molecular weight is 201 g/mol. The van der Waals surface area contributed by atoms with E-state index in [-0.39, 0.29) is 6.61 Å². The molecule has 15 heavy (non-hydrogen) atoms. The number of hydrogen-bond acceptors (Lipinski definition) is 3. The highest BCUT2D eigenvalue weighted by atomic mass is 16.6. The van der Waals surface area contributed by atoms with Crippen molar-refractivity contribution in [2.24, 2.45) is 0 Å². The summed E-state index contributed by atoms with van der Waals surface area (Å²) in [4.78, 5) is 14.9. The molecule has 2 aromatic rings. The van der Waals surface area contributed by atoms with Crippen LogP contribution in [0, 0.1) is 0 Å². The van der Waals surface area contributed by atoms with Crippen molar-refractivity contribution in [1.29, 1.82) is 0 Å². The summed E-state index contributed by atoms with van der Waals surface area (Å²) in [5.74, 6) is 0. The number of benzene rings is 2. The Labute approximate surface area is 87.6 Å². The van der Waals surface area contributed by atoms with Crippen LogP contribution in [0.15, 0.2) is 42.5 Å². The maximum absolute atomic E-state index is 10.0. The molecule has 0 aliphatic heterocycles. The molecule has 1 N–H and O–H groups in total. The Kier molecular flexibility index (Phi) is 2.95. The second kappa shape index (κ2) is 4.57. The zero-order chi connectivity index (χ0) is 10.5. The van der Waals surface area contributed by atoms with Crippen molar-refractivity contribution in [2.45, 2.75) is 0 Å². The van der Waals surface area contributed by atoms with Crippen LogP contribution >= 0.6 is 0 Å². The SMILES string of the molecule is O=CCONc1ccc2ccccc2c1. The van der Waals surface area contributed by atoms with Crippen LogP contribution in [0.2, 0.25) is 0 Å². The molecule has 0 heterocycles. The van der Waals surface area contributed by atoms with Crippen molar-refractivity contribution < 1.29 is 9.63 Å². The van der Waals surface area contributed by atoms with Crippen molar-refractivity contribution in [3.05, 3.63) is 42.5 Å². The van der Waals surface area contributed by atoms with E-state index in [1.165, 1.54) is 5.39 Å². The fourth-order valence-corrected chi connectivity index (χ4v) is 1.41. The second-order valence-corrected chi connectivity index (χ2v) is 3.14. The Morgan fingerprint density at radius 3 is 2.73 bits per heavy atom. The lowest BCUT2D eigenvalue weighted by Gasteiger charge is -2.05. The molecule has 0 bridgehead atoms. The number of fused-ring (bicyclic) bond motifs is 1. The molecule has 0 aliphatic rings. The van der Waals surface area contributed by atoms with Crippen LogP contribution in [0.4, 0.5) is 5.69 Å². The summed E-state index contributed by atoms with van der Waals surface area (Å²) < 4.78 is 0. The van der Waals surface area contributed by atoms with Gasteiger partial charge in [-0.2, -0.15) is 0 Å². The van der Waals surface area contributed by atoms with Gasteiger partial charge in [0.25, 0.3) is 0 Å². The Hall–Kier alpha value is -1.87. The van der Waals surface area contributed by atoms with Crippen molar-refractivity contribution in [1.82, 2.24) is 0 Å². The van der Waals surface area contributed by atoms with Gasteiger partial charge in [0.05, 0.1) is 5.69 Å². The van der Waals surface area contributed by atoms with Gasteiger partial charge in [0, 0.05) is 0 Å². The Morgan fingerprint density at radius 1 is 1.13 bits per heavy atom. The molecule has 2 aromatic carbocycles. The monoisotopic (exact) mass is 201 g/mol. The predicted molar refractivity (Wildman–Crippen MR) is 59.6 cm³/mol. The summed E-state index contributed by atoms with van der Waals surface area (Å²) in [6.07, 6.45) is 0.702.